The van der Waals surface area contributed by atoms with E-state index in [2.05, 4.69) is 4.74 Å². The van der Waals surface area contributed by atoms with Crippen LogP contribution in [0.1, 0.15) is 26.2 Å². The van der Waals surface area contributed by atoms with Crippen molar-refractivity contribution in [3.63, 3.8) is 0 Å². The number of hydrogen-bond donors (Lipinski definition) is 0. The lowest BCUT2D eigenvalue weighted by atomic mass is 10.2. The number of rotatable bonds is 3. The first kappa shape index (κ1) is 14.5. The van der Waals surface area contributed by atoms with E-state index in [9.17, 15) is 14.4 Å². The molecule has 1 fully saturated rings. The molecule has 0 N–H and O–H groups in total. The number of nitrogens with zero attached hydrogens (tertiary/aromatic N) is 2. The first-order chi connectivity index (χ1) is 8.54. The molecule has 102 valence electrons. The molecule has 1 rings (SSSR count). The van der Waals surface area contributed by atoms with Crippen molar-refractivity contribution >= 4 is 17.8 Å². The Hall–Kier alpha value is -1.59. The third-order valence-electron chi connectivity index (χ3n) is 3.06. The molecule has 6 nitrogen and oxygen atoms in total. The van der Waals surface area contributed by atoms with E-state index in [1.165, 1.54) is 14.0 Å². The van der Waals surface area contributed by atoms with E-state index >= 15 is 0 Å². The van der Waals surface area contributed by atoms with Crippen molar-refractivity contribution in [2.75, 3.05) is 33.3 Å². The van der Waals surface area contributed by atoms with E-state index in [4.69, 9.17) is 0 Å². The van der Waals surface area contributed by atoms with Gasteiger partial charge in [-0.3, -0.25) is 14.4 Å². The predicted octanol–water partition coefficient (Wildman–Crippen LogP) is 0.0204. The van der Waals surface area contributed by atoms with E-state index in [1.807, 2.05) is 0 Å². The molecule has 0 saturated carbocycles. The average molecular weight is 256 g/mol. The Morgan fingerprint density at radius 2 is 1.61 bits per heavy atom. The average Bonchev–Trinajstić information content (AvgIpc) is 2.61. The van der Waals surface area contributed by atoms with Crippen LogP contribution in [0.2, 0.25) is 0 Å². The first-order valence-corrected chi connectivity index (χ1v) is 6.14. The van der Waals surface area contributed by atoms with E-state index < -0.39 is 0 Å². The van der Waals surface area contributed by atoms with Crippen molar-refractivity contribution in [3.05, 3.63) is 0 Å². The van der Waals surface area contributed by atoms with Gasteiger partial charge in [-0.15, -0.1) is 0 Å². The van der Waals surface area contributed by atoms with Crippen LogP contribution in [0.5, 0.6) is 0 Å². The summed E-state index contributed by atoms with van der Waals surface area (Å²) in [4.78, 5) is 37.5. The molecule has 2 amide bonds. The number of amides is 2. The van der Waals surface area contributed by atoms with Crippen LogP contribution in [0.15, 0.2) is 0 Å². The molecule has 0 aromatic rings. The maximum Gasteiger partial charge on any atom is 0.306 e. The fraction of sp³-hybridized carbons (Fsp3) is 0.750. The van der Waals surface area contributed by atoms with Gasteiger partial charge in [-0.25, -0.2) is 0 Å². The Morgan fingerprint density at radius 1 is 1.00 bits per heavy atom. The van der Waals surface area contributed by atoms with Crippen LogP contribution in [-0.4, -0.2) is 60.9 Å². The van der Waals surface area contributed by atoms with E-state index in [0.717, 1.165) is 6.42 Å². The second-order valence-electron chi connectivity index (χ2n) is 4.32. The van der Waals surface area contributed by atoms with Gasteiger partial charge in [0.15, 0.2) is 0 Å². The lowest BCUT2D eigenvalue weighted by Crippen LogP contribution is -2.36. The fourth-order valence-electron chi connectivity index (χ4n) is 1.95. The van der Waals surface area contributed by atoms with Crippen molar-refractivity contribution < 1.29 is 19.1 Å². The summed E-state index contributed by atoms with van der Waals surface area (Å²) in [6.45, 7) is 3.98. The van der Waals surface area contributed by atoms with Gasteiger partial charge >= 0.3 is 5.97 Å². The van der Waals surface area contributed by atoms with Gasteiger partial charge in [-0.2, -0.15) is 0 Å². The van der Waals surface area contributed by atoms with Gasteiger partial charge in [-0.1, -0.05) is 0 Å². The van der Waals surface area contributed by atoms with E-state index in [0.29, 0.717) is 26.2 Å². The number of carbonyl (C=O) groups is 3. The Morgan fingerprint density at radius 3 is 2.22 bits per heavy atom. The van der Waals surface area contributed by atoms with Crippen LogP contribution in [0.4, 0.5) is 0 Å². The highest BCUT2D eigenvalue weighted by molar-refractivity contribution is 5.81. The van der Waals surface area contributed by atoms with Crippen molar-refractivity contribution in [3.8, 4) is 0 Å². The zero-order valence-corrected chi connectivity index (χ0v) is 11.0. The number of ether oxygens (including phenoxy) is 1. The van der Waals surface area contributed by atoms with Crippen LogP contribution >= 0.6 is 0 Å². The number of carbonyl (C=O) groups excluding carboxylic acids is 3. The van der Waals surface area contributed by atoms with Gasteiger partial charge in [0.05, 0.1) is 13.5 Å². The summed E-state index contributed by atoms with van der Waals surface area (Å²) in [5.74, 6) is -0.381. The highest BCUT2D eigenvalue weighted by atomic mass is 16.5. The molecule has 0 spiro atoms. The normalized spacial score (nSPS) is 16.1. The van der Waals surface area contributed by atoms with Gasteiger partial charge in [0.2, 0.25) is 11.8 Å². The highest BCUT2D eigenvalue weighted by Crippen LogP contribution is 2.06. The molecule has 6 heteroatoms. The minimum atomic E-state index is -0.372. The van der Waals surface area contributed by atoms with Crippen LogP contribution < -0.4 is 0 Å². The van der Waals surface area contributed by atoms with Crippen molar-refractivity contribution in [2.24, 2.45) is 0 Å². The smallest absolute Gasteiger partial charge is 0.306 e. The minimum Gasteiger partial charge on any atom is -0.469 e. The first-order valence-electron chi connectivity index (χ1n) is 6.14. The summed E-state index contributed by atoms with van der Waals surface area (Å²) in [5, 5.41) is 0. The highest BCUT2D eigenvalue weighted by Gasteiger charge is 2.20. The second kappa shape index (κ2) is 6.98. The van der Waals surface area contributed by atoms with Gasteiger partial charge in [0.25, 0.3) is 0 Å². The molecule has 18 heavy (non-hydrogen) atoms. The van der Waals surface area contributed by atoms with Gasteiger partial charge in [0.1, 0.15) is 0 Å². The van der Waals surface area contributed by atoms with Crippen molar-refractivity contribution in [1.82, 2.24) is 9.80 Å². The van der Waals surface area contributed by atoms with Crippen LogP contribution in [0.3, 0.4) is 0 Å². The van der Waals surface area contributed by atoms with Gasteiger partial charge < -0.3 is 14.5 Å². The van der Waals surface area contributed by atoms with Gasteiger partial charge in [-0.05, 0) is 6.42 Å². The third kappa shape index (κ3) is 4.35. The topological polar surface area (TPSA) is 66.9 Å². The van der Waals surface area contributed by atoms with Crippen LogP contribution in [-0.2, 0) is 19.1 Å². The molecule has 0 aromatic carbocycles. The molecule has 1 aliphatic heterocycles. The largest absolute Gasteiger partial charge is 0.469 e. The maximum absolute atomic E-state index is 11.9. The quantitative estimate of drug-likeness (QED) is 0.668. The zero-order chi connectivity index (χ0) is 13.5. The molecule has 0 radical (unpaired) electrons. The molecular formula is C12H20N2O4. The molecule has 1 aliphatic rings. The molecule has 0 aliphatic carbocycles. The molecule has 1 heterocycles. The molecule has 0 atom stereocenters. The molecular weight excluding hydrogens is 236 g/mol. The molecule has 0 aromatic heterocycles. The summed E-state index contributed by atoms with van der Waals surface area (Å²) in [6.07, 6.45) is 1.07. The SMILES string of the molecule is COC(=O)CCC(=O)N1CCCN(C(C)=O)CC1. The lowest BCUT2D eigenvalue weighted by Gasteiger charge is -2.21. The van der Waals surface area contributed by atoms with Crippen molar-refractivity contribution in [1.29, 1.82) is 0 Å². The van der Waals surface area contributed by atoms with Crippen LogP contribution in [0.25, 0.3) is 0 Å². The summed E-state index contributed by atoms with van der Waals surface area (Å²) in [7, 11) is 1.31. The van der Waals surface area contributed by atoms with E-state index in [1.54, 1.807) is 9.80 Å². The maximum atomic E-state index is 11.9. The predicted molar refractivity (Wildman–Crippen MR) is 64.7 cm³/mol. The monoisotopic (exact) mass is 256 g/mol. The number of methoxy groups -OCH3 is 1. The molecule has 1 saturated heterocycles. The van der Waals surface area contributed by atoms with Crippen LogP contribution in [0, 0.1) is 0 Å². The van der Waals surface area contributed by atoms with E-state index in [-0.39, 0.29) is 30.6 Å². The Balaban J connectivity index is 2.40. The zero-order valence-electron chi connectivity index (χ0n) is 11.0. The minimum absolute atomic E-state index is 0.0406. The third-order valence-corrected chi connectivity index (χ3v) is 3.06. The Kier molecular flexibility index (Phi) is 5.61. The summed E-state index contributed by atoms with van der Waals surface area (Å²) in [5.41, 5.74) is 0. The fourth-order valence-corrected chi connectivity index (χ4v) is 1.95. The molecule has 0 bridgehead atoms. The summed E-state index contributed by atoms with van der Waals surface area (Å²) >= 11 is 0. The summed E-state index contributed by atoms with van der Waals surface area (Å²) < 4.78 is 4.50. The Labute approximate surface area is 107 Å². The number of hydrogen-bond acceptors (Lipinski definition) is 4. The van der Waals surface area contributed by atoms with Gasteiger partial charge in [0, 0.05) is 39.5 Å². The van der Waals surface area contributed by atoms with Crippen molar-refractivity contribution in [2.45, 2.75) is 26.2 Å². The Bertz CT molecular complexity index is 330. The molecule has 0 unspecified atom stereocenters. The standard InChI is InChI=1S/C12H20N2O4/c1-10(15)13-6-3-7-14(9-8-13)11(16)4-5-12(17)18-2/h3-9H2,1-2H3. The summed E-state index contributed by atoms with van der Waals surface area (Å²) in [6, 6.07) is 0. The number of esters is 1. The second-order valence-corrected chi connectivity index (χ2v) is 4.32. The lowest BCUT2D eigenvalue weighted by molar-refractivity contribution is -0.143.